The maximum absolute atomic E-state index is 11.8. The first-order valence-corrected chi connectivity index (χ1v) is 6.85. The summed E-state index contributed by atoms with van der Waals surface area (Å²) in [5, 5.41) is 0. The first-order valence-electron chi connectivity index (χ1n) is 6.85. The predicted octanol–water partition coefficient (Wildman–Crippen LogP) is 4.63. The summed E-state index contributed by atoms with van der Waals surface area (Å²) in [5.41, 5.74) is 4.09. The standard InChI is InChI=1S/C14H17NO.C2H6/c1-3-5-8-12-10(4-2)11-7-6-9-13(16)14(11)15-12;1-2/h4-5,8,15H,2-3,6-7,9H2,1H3;1-2H3/b8-5-;. The van der Waals surface area contributed by atoms with E-state index < -0.39 is 0 Å². The van der Waals surface area contributed by atoms with Crippen molar-refractivity contribution in [3.05, 3.63) is 35.2 Å². The van der Waals surface area contributed by atoms with Crippen LogP contribution in [0.25, 0.3) is 12.2 Å². The SMILES string of the molecule is C=Cc1c(/C=C\CC)[nH]c2c1CCCC2=O.CC. The van der Waals surface area contributed by atoms with E-state index in [2.05, 4.69) is 24.6 Å². The summed E-state index contributed by atoms with van der Waals surface area (Å²) >= 11 is 0. The Morgan fingerprint density at radius 3 is 2.67 bits per heavy atom. The van der Waals surface area contributed by atoms with E-state index in [1.807, 2.05) is 26.0 Å². The van der Waals surface area contributed by atoms with Gasteiger partial charge in [-0.2, -0.15) is 0 Å². The molecule has 1 heterocycles. The highest BCUT2D eigenvalue weighted by molar-refractivity contribution is 5.98. The van der Waals surface area contributed by atoms with Crippen molar-refractivity contribution in [2.24, 2.45) is 0 Å². The van der Waals surface area contributed by atoms with Crippen molar-refractivity contribution < 1.29 is 4.79 Å². The molecule has 0 radical (unpaired) electrons. The summed E-state index contributed by atoms with van der Waals surface area (Å²) in [6, 6.07) is 0. The summed E-state index contributed by atoms with van der Waals surface area (Å²) in [6.45, 7) is 9.94. The monoisotopic (exact) mass is 245 g/mol. The van der Waals surface area contributed by atoms with Crippen LogP contribution in [-0.2, 0) is 6.42 Å². The molecule has 0 saturated heterocycles. The molecule has 0 unspecified atom stereocenters. The Balaban J connectivity index is 0.000000771. The molecule has 1 N–H and O–H groups in total. The van der Waals surface area contributed by atoms with Gasteiger partial charge in [0.05, 0.1) is 5.69 Å². The number of hydrogen-bond donors (Lipinski definition) is 1. The molecule has 1 aliphatic rings. The van der Waals surface area contributed by atoms with Crippen LogP contribution in [0.15, 0.2) is 12.7 Å². The van der Waals surface area contributed by atoms with Gasteiger partial charge < -0.3 is 4.98 Å². The molecule has 0 atom stereocenters. The number of aromatic nitrogens is 1. The normalized spacial score (nSPS) is 14.1. The van der Waals surface area contributed by atoms with E-state index in [4.69, 9.17) is 0 Å². The summed E-state index contributed by atoms with van der Waals surface area (Å²) < 4.78 is 0. The van der Waals surface area contributed by atoms with Gasteiger partial charge in [0, 0.05) is 17.7 Å². The summed E-state index contributed by atoms with van der Waals surface area (Å²) in [6.07, 6.45) is 9.59. The highest BCUT2D eigenvalue weighted by atomic mass is 16.1. The number of carbonyl (C=O) groups excluding carboxylic acids is 1. The van der Waals surface area contributed by atoms with Crippen LogP contribution < -0.4 is 0 Å². The first-order chi connectivity index (χ1) is 8.77. The molecule has 1 aliphatic carbocycles. The van der Waals surface area contributed by atoms with Gasteiger partial charge in [0.15, 0.2) is 5.78 Å². The van der Waals surface area contributed by atoms with E-state index in [0.29, 0.717) is 6.42 Å². The van der Waals surface area contributed by atoms with E-state index in [1.165, 1.54) is 0 Å². The molecule has 2 nitrogen and oxygen atoms in total. The van der Waals surface area contributed by atoms with Crippen molar-refractivity contribution >= 4 is 17.9 Å². The molecular weight excluding hydrogens is 222 g/mol. The number of Topliss-reactive ketones (excluding diaryl/α,β-unsaturated/α-hetero) is 1. The van der Waals surface area contributed by atoms with E-state index >= 15 is 0 Å². The third-order valence-corrected chi connectivity index (χ3v) is 3.01. The van der Waals surface area contributed by atoms with Gasteiger partial charge in [-0.3, -0.25) is 4.79 Å². The Labute approximate surface area is 110 Å². The average molecular weight is 245 g/mol. The molecule has 0 amide bonds. The lowest BCUT2D eigenvalue weighted by molar-refractivity contribution is 0.0968. The lowest BCUT2D eigenvalue weighted by Gasteiger charge is -2.09. The number of rotatable bonds is 3. The van der Waals surface area contributed by atoms with E-state index in [9.17, 15) is 4.79 Å². The van der Waals surface area contributed by atoms with Gasteiger partial charge in [0.1, 0.15) is 0 Å². The Kier molecular flexibility index (Phi) is 5.63. The van der Waals surface area contributed by atoms with Crippen LogP contribution in [0.3, 0.4) is 0 Å². The van der Waals surface area contributed by atoms with E-state index in [1.54, 1.807) is 0 Å². The quantitative estimate of drug-likeness (QED) is 0.827. The molecule has 0 spiro atoms. The highest BCUT2D eigenvalue weighted by Crippen LogP contribution is 2.28. The zero-order valence-electron chi connectivity index (χ0n) is 11.7. The fraction of sp³-hybridized carbons (Fsp3) is 0.438. The molecule has 18 heavy (non-hydrogen) atoms. The lowest BCUT2D eigenvalue weighted by atomic mass is 9.93. The number of carbonyl (C=O) groups is 1. The maximum Gasteiger partial charge on any atom is 0.179 e. The number of H-pyrrole nitrogens is 1. The van der Waals surface area contributed by atoms with Crippen LogP contribution in [-0.4, -0.2) is 10.8 Å². The fourth-order valence-electron chi connectivity index (χ4n) is 2.22. The highest BCUT2D eigenvalue weighted by Gasteiger charge is 2.22. The van der Waals surface area contributed by atoms with Gasteiger partial charge in [0.25, 0.3) is 0 Å². The second kappa shape index (κ2) is 7.00. The summed E-state index contributed by atoms with van der Waals surface area (Å²) in [7, 11) is 0. The maximum atomic E-state index is 11.8. The molecule has 98 valence electrons. The van der Waals surface area contributed by atoms with Crippen molar-refractivity contribution in [2.75, 3.05) is 0 Å². The van der Waals surface area contributed by atoms with Crippen molar-refractivity contribution in [1.82, 2.24) is 4.98 Å². The van der Waals surface area contributed by atoms with Gasteiger partial charge in [-0.1, -0.05) is 39.5 Å². The molecule has 2 rings (SSSR count). The number of ketones is 1. The Hall–Kier alpha value is -1.57. The van der Waals surface area contributed by atoms with Gasteiger partial charge in [0.2, 0.25) is 0 Å². The van der Waals surface area contributed by atoms with Crippen LogP contribution in [0, 0.1) is 0 Å². The summed E-state index contributed by atoms with van der Waals surface area (Å²) in [5.74, 6) is 0.237. The minimum atomic E-state index is 0.237. The third kappa shape index (κ3) is 2.81. The predicted molar refractivity (Wildman–Crippen MR) is 78.8 cm³/mol. The smallest absolute Gasteiger partial charge is 0.179 e. The number of hydrogen-bond acceptors (Lipinski definition) is 1. The van der Waals surface area contributed by atoms with Crippen LogP contribution in [0.1, 0.15) is 67.3 Å². The second-order valence-corrected chi connectivity index (χ2v) is 4.10. The molecule has 0 aliphatic heterocycles. The zero-order valence-corrected chi connectivity index (χ0v) is 11.7. The van der Waals surface area contributed by atoms with Gasteiger partial charge in [-0.05, 0) is 30.9 Å². The van der Waals surface area contributed by atoms with Crippen LogP contribution >= 0.6 is 0 Å². The topological polar surface area (TPSA) is 32.9 Å². The van der Waals surface area contributed by atoms with E-state index in [0.717, 1.165) is 41.8 Å². The largest absolute Gasteiger partial charge is 0.352 e. The minimum Gasteiger partial charge on any atom is -0.352 e. The zero-order chi connectivity index (χ0) is 13.5. The molecule has 2 heteroatoms. The number of fused-ring (bicyclic) bond motifs is 1. The van der Waals surface area contributed by atoms with Crippen molar-refractivity contribution in [1.29, 1.82) is 0 Å². The first kappa shape index (κ1) is 14.5. The molecule has 0 bridgehead atoms. The van der Waals surface area contributed by atoms with Crippen molar-refractivity contribution in [2.45, 2.75) is 46.5 Å². The van der Waals surface area contributed by atoms with Gasteiger partial charge >= 0.3 is 0 Å². The average Bonchev–Trinajstić information content (AvgIpc) is 2.78. The van der Waals surface area contributed by atoms with Crippen LogP contribution in [0.5, 0.6) is 0 Å². The fourth-order valence-corrected chi connectivity index (χ4v) is 2.22. The minimum absolute atomic E-state index is 0.237. The molecule has 1 aromatic heterocycles. The van der Waals surface area contributed by atoms with Gasteiger partial charge in [-0.25, -0.2) is 0 Å². The van der Waals surface area contributed by atoms with Crippen molar-refractivity contribution in [3.8, 4) is 0 Å². The molecule has 0 saturated carbocycles. The molecule has 1 aromatic rings. The Bertz CT molecular complexity index is 452. The Morgan fingerprint density at radius 1 is 1.33 bits per heavy atom. The summed E-state index contributed by atoms with van der Waals surface area (Å²) in [4.78, 5) is 15.0. The van der Waals surface area contributed by atoms with Crippen LogP contribution in [0.2, 0.25) is 0 Å². The number of allylic oxidation sites excluding steroid dienone is 1. The Morgan fingerprint density at radius 2 is 2.06 bits per heavy atom. The van der Waals surface area contributed by atoms with Crippen LogP contribution in [0.4, 0.5) is 0 Å². The molecule has 0 fully saturated rings. The molecular formula is C16H23NO. The van der Waals surface area contributed by atoms with Crippen molar-refractivity contribution in [3.63, 3.8) is 0 Å². The number of nitrogens with one attached hydrogen (secondary N) is 1. The molecule has 0 aromatic carbocycles. The third-order valence-electron chi connectivity index (χ3n) is 3.01. The van der Waals surface area contributed by atoms with Gasteiger partial charge in [-0.15, -0.1) is 0 Å². The number of aromatic amines is 1. The van der Waals surface area contributed by atoms with E-state index in [-0.39, 0.29) is 5.78 Å². The lowest BCUT2D eigenvalue weighted by Crippen LogP contribution is -2.09. The second-order valence-electron chi connectivity index (χ2n) is 4.10.